The average Bonchev–Trinajstić information content (AvgIpc) is 3.41. The Morgan fingerprint density at radius 3 is 2.73 bits per heavy atom. The van der Waals surface area contributed by atoms with Gasteiger partial charge in [-0.25, -0.2) is 9.38 Å². The monoisotopic (exact) mass is 355 g/mol. The van der Waals surface area contributed by atoms with E-state index in [1.165, 1.54) is 30.3 Å². The van der Waals surface area contributed by atoms with Gasteiger partial charge < -0.3 is 15.0 Å². The van der Waals surface area contributed by atoms with Crippen molar-refractivity contribution in [2.75, 3.05) is 0 Å². The molecule has 1 aliphatic rings. The molecular formula is C20H22FN3O2. The van der Waals surface area contributed by atoms with Gasteiger partial charge in [-0.1, -0.05) is 6.58 Å². The molecule has 0 aliphatic heterocycles. The molecule has 1 saturated carbocycles. The van der Waals surface area contributed by atoms with Gasteiger partial charge in [-0.15, -0.1) is 0 Å². The molecule has 1 unspecified atom stereocenters. The van der Waals surface area contributed by atoms with Crippen molar-refractivity contribution < 1.29 is 13.9 Å². The number of hydrogen-bond acceptors (Lipinski definition) is 3. The Hall–Kier alpha value is -2.89. The van der Waals surface area contributed by atoms with E-state index in [0.29, 0.717) is 22.9 Å². The van der Waals surface area contributed by atoms with Crippen molar-refractivity contribution in [2.45, 2.75) is 32.7 Å². The minimum absolute atomic E-state index is 0.142. The van der Waals surface area contributed by atoms with Gasteiger partial charge in [-0.2, -0.15) is 0 Å². The highest BCUT2D eigenvalue weighted by atomic mass is 19.1. The number of benzene rings is 1. The molecule has 6 heteroatoms. The van der Waals surface area contributed by atoms with Gasteiger partial charge in [-0.05, 0) is 62.9 Å². The number of nitrogens with zero attached hydrogens (tertiary/aromatic N) is 1. The van der Waals surface area contributed by atoms with Crippen LogP contribution >= 0.6 is 0 Å². The van der Waals surface area contributed by atoms with Gasteiger partial charge in [0.25, 0.3) is 5.91 Å². The first-order chi connectivity index (χ1) is 12.5. The summed E-state index contributed by atoms with van der Waals surface area (Å²) in [7, 11) is 0. The van der Waals surface area contributed by atoms with E-state index in [1.807, 2.05) is 13.8 Å². The van der Waals surface area contributed by atoms with Gasteiger partial charge in [0, 0.05) is 17.9 Å². The van der Waals surface area contributed by atoms with Crippen molar-refractivity contribution in [3.8, 4) is 5.75 Å². The van der Waals surface area contributed by atoms with E-state index < -0.39 is 0 Å². The molecule has 26 heavy (non-hydrogen) atoms. The maximum absolute atomic E-state index is 13.0. The molecule has 0 bridgehead atoms. The van der Waals surface area contributed by atoms with Gasteiger partial charge in [0.05, 0.1) is 5.56 Å². The number of aryl methyl sites for hydroxylation is 1. The summed E-state index contributed by atoms with van der Waals surface area (Å²) in [4.78, 5) is 20.0. The highest BCUT2D eigenvalue weighted by Gasteiger charge is 2.29. The number of amides is 1. The summed E-state index contributed by atoms with van der Waals surface area (Å²) in [5.74, 6) is 0.712. The largest absolute Gasteiger partial charge is 0.439 e. The first kappa shape index (κ1) is 17.9. The van der Waals surface area contributed by atoms with Crippen molar-refractivity contribution in [3.63, 3.8) is 0 Å². The lowest BCUT2D eigenvalue weighted by molar-refractivity contribution is 0.0936. The van der Waals surface area contributed by atoms with Crippen molar-refractivity contribution in [3.05, 3.63) is 60.2 Å². The van der Waals surface area contributed by atoms with Crippen LogP contribution in [0.4, 0.5) is 10.1 Å². The number of ether oxygens (including phenoxy) is 1. The number of rotatable bonds is 6. The molecule has 5 nitrogen and oxygen atoms in total. The molecule has 1 aromatic carbocycles. The SMILES string of the molecule is C=CC(=Nc1c(C(=O)NC(C)C2CC2)c[nH]c1C)Oc1ccc(F)cc1. The second-order valence-corrected chi connectivity index (χ2v) is 6.49. The molecule has 1 aliphatic carbocycles. The van der Waals surface area contributed by atoms with Crippen molar-refractivity contribution in [1.29, 1.82) is 0 Å². The van der Waals surface area contributed by atoms with Gasteiger partial charge >= 0.3 is 0 Å². The number of H-pyrrole nitrogens is 1. The van der Waals surface area contributed by atoms with Crippen LogP contribution in [-0.4, -0.2) is 22.8 Å². The zero-order valence-corrected chi connectivity index (χ0v) is 14.9. The van der Waals surface area contributed by atoms with Crippen LogP contribution in [-0.2, 0) is 0 Å². The van der Waals surface area contributed by atoms with Crippen LogP contribution in [0.15, 0.2) is 48.1 Å². The predicted molar refractivity (Wildman–Crippen MR) is 99.5 cm³/mol. The minimum atomic E-state index is -0.348. The number of carbonyl (C=O) groups is 1. The van der Waals surface area contributed by atoms with Crippen LogP contribution in [0.2, 0.25) is 0 Å². The van der Waals surface area contributed by atoms with E-state index >= 15 is 0 Å². The fourth-order valence-electron chi connectivity index (χ4n) is 2.68. The van der Waals surface area contributed by atoms with Crippen LogP contribution in [0.3, 0.4) is 0 Å². The summed E-state index contributed by atoms with van der Waals surface area (Å²) in [5.41, 5.74) is 1.70. The molecule has 2 aromatic rings. The zero-order chi connectivity index (χ0) is 18.7. The van der Waals surface area contributed by atoms with Crippen LogP contribution in [0.25, 0.3) is 0 Å². The molecular weight excluding hydrogens is 333 g/mol. The third-order valence-corrected chi connectivity index (χ3v) is 4.41. The number of nitrogens with one attached hydrogen (secondary N) is 2. The van der Waals surface area contributed by atoms with E-state index in [9.17, 15) is 9.18 Å². The maximum atomic E-state index is 13.0. The molecule has 1 amide bonds. The van der Waals surface area contributed by atoms with Crippen molar-refractivity contribution in [2.24, 2.45) is 10.9 Å². The molecule has 1 fully saturated rings. The molecule has 0 spiro atoms. The molecule has 1 heterocycles. The normalized spacial score (nSPS) is 15.4. The van der Waals surface area contributed by atoms with E-state index in [-0.39, 0.29) is 23.7 Å². The summed E-state index contributed by atoms with van der Waals surface area (Å²) in [6.07, 6.45) is 5.40. The number of aliphatic imine (C=N–C) groups is 1. The van der Waals surface area contributed by atoms with Crippen LogP contribution in [0, 0.1) is 18.7 Å². The summed E-state index contributed by atoms with van der Waals surface area (Å²) in [5, 5.41) is 3.02. The lowest BCUT2D eigenvalue weighted by atomic mass is 10.2. The first-order valence-corrected chi connectivity index (χ1v) is 8.61. The standard InChI is InChI=1S/C20H22FN3O2/c1-4-18(26-16-9-7-15(21)8-10-16)24-19-13(3)22-11-17(19)20(25)23-12(2)14-5-6-14/h4,7-12,14,22H,1,5-6H2,2-3H3,(H,23,25). The number of hydrogen-bond donors (Lipinski definition) is 2. The molecule has 136 valence electrons. The van der Waals surface area contributed by atoms with Gasteiger partial charge in [0.15, 0.2) is 0 Å². The van der Waals surface area contributed by atoms with E-state index in [2.05, 4.69) is 21.9 Å². The van der Waals surface area contributed by atoms with Crippen LogP contribution in [0.5, 0.6) is 5.75 Å². The number of halogens is 1. The summed E-state index contributed by atoms with van der Waals surface area (Å²) < 4.78 is 18.6. The smallest absolute Gasteiger partial charge is 0.255 e. The average molecular weight is 355 g/mol. The van der Waals surface area contributed by atoms with Gasteiger partial charge in [-0.3, -0.25) is 4.79 Å². The summed E-state index contributed by atoms with van der Waals surface area (Å²) in [6.45, 7) is 7.55. The third-order valence-electron chi connectivity index (χ3n) is 4.41. The molecule has 3 rings (SSSR count). The third kappa shape index (κ3) is 4.20. The highest BCUT2D eigenvalue weighted by molar-refractivity contribution is 6.01. The Labute approximate surface area is 152 Å². The second kappa shape index (κ2) is 7.56. The fraction of sp³-hybridized carbons (Fsp3) is 0.300. The minimum Gasteiger partial charge on any atom is -0.439 e. The van der Waals surface area contributed by atoms with Crippen molar-refractivity contribution in [1.82, 2.24) is 10.3 Å². The maximum Gasteiger partial charge on any atom is 0.255 e. The lowest BCUT2D eigenvalue weighted by Crippen LogP contribution is -2.33. The van der Waals surface area contributed by atoms with E-state index in [1.54, 1.807) is 6.20 Å². The Kier molecular flexibility index (Phi) is 5.21. The molecule has 0 saturated heterocycles. The van der Waals surface area contributed by atoms with Gasteiger partial charge in [0.2, 0.25) is 5.90 Å². The zero-order valence-electron chi connectivity index (χ0n) is 14.9. The molecule has 1 atom stereocenters. The Balaban J connectivity index is 1.81. The molecule has 2 N–H and O–H groups in total. The topological polar surface area (TPSA) is 66.5 Å². The van der Waals surface area contributed by atoms with Gasteiger partial charge in [0.1, 0.15) is 17.3 Å². The summed E-state index contributed by atoms with van der Waals surface area (Å²) >= 11 is 0. The first-order valence-electron chi connectivity index (χ1n) is 8.61. The second-order valence-electron chi connectivity index (χ2n) is 6.49. The fourth-order valence-corrected chi connectivity index (χ4v) is 2.68. The number of aromatic amines is 1. The van der Waals surface area contributed by atoms with Crippen LogP contribution < -0.4 is 10.1 Å². The molecule has 1 aromatic heterocycles. The number of aromatic nitrogens is 1. The van der Waals surface area contributed by atoms with Crippen LogP contribution in [0.1, 0.15) is 35.8 Å². The quantitative estimate of drug-likeness (QED) is 0.600. The van der Waals surface area contributed by atoms with E-state index in [4.69, 9.17) is 4.74 Å². The Morgan fingerprint density at radius 2 is 2.12 bits per heavy atom. The van der Waals surface area contributed by atoms with E-state index in [0.717, 1.165) is 18.5 Å². The lowest BCUT2D eigenvalue weighted by Gasteiger charge is -2.12. The molecule has 0 radical (unpaired) electrons. The Bertz CT molecular complexity index is 835. The Morgan fingerprint density at radius 1 is 1.42 bits per heavy atom. The number of carbonyl (C=O) groups excluding carboxylic acids is 1. The highest BCUT2D eigenvalue weighted by Crippen LogP contribution is 2.33. The predicted octanol–water partition coefficient (Wildman–Crippen LogP) is 4.29. The van der Waals surface area contributed by atoms with Crippen molar-refractivity contribution >= 4 is 17.5 Å². The summed E-state index contributed by atoms with van der Waals surface area (Å²) in [6, 6.07) is 5.75.